The Balaban J connectivity index is 1.96. The number of hydrogen-bond acceptors (Lipinski definition) is 3. The van der Waals surface area contributed by atoms with Crippen LogP contribution < -0.4 is 0 Å². The quantitative estimate of drug-likeness (QED) is 0.522. The molecule has 10 heteroatoms. The van der Waals surface area contributed by atoms with E-state index >= 15 is 0 Å². The highest BCUT2D eigenvalue weighted by Gasteiger charge is 2.54. The van der Waals surface area contributed by atoms with Crippen LogP contribution in [0.5, 0.6) is 0 Å². The summed E-state index contributed by atoms with van der Waals surface area (Å²) in [7, 11) is 0. The molecule has 3 rings (SSSR count). The Hall–Kier alpha value is -1.74. The van der Waals surface area contributed by atoms with Crippen LogP contribution in [-0.4, -0.2) is 28.5 Å². The summed E-state index contributed by atoms with van der Waals surface area (Å²) in [6.45, 7) is 2.72. The van der Waals surface area contributed by atoms with Crippen molar-refractivity contribution in [2.24, 2.45) is 11.3 Å². The van der Waals surface area contributed by atoms with Crippen molar-refractivity contribution in [2.75, 3.05) is 6.61 Å². The van der Waals surface area contributed by atoms with Crippen molar-refractivity contribution in [1.29, 1.82) is 0 Å². The molecule has 0 atom stereocenters. The first-order chi connectivity index (χ1) is 12.4. The van der Waals surface area contributed by atoms with Gasteiger partial charge < -0.3 is 4.74 Å². The van der Waals surface area contributed by atoms with E-state index in [2.05, 4.69) is 5.10 Å². The van der Waals surface area contributed by atoms with E-state index in [4.69, 9.17) is 4.74 Å². The van der Waals surface area contributed by atoms with Crippen molar-refractivity contribution in [2.45, 2.75) is 64.3 Å². The number of carbonyl (C=O) groups is 1. The second kappa shape index (κ2) is 6.41. The molecule has 2 aliphatic rings. The highest BCUT2D eigenvalue weighted by molar-refractivity contribution is 5.90. The lowest BCUT2D eigenvalue weighted by Gasteiger charge is -2.45. The predicted molar refractivity (Wildman–Crippen MR) is 82.0 cm³/mol. The van der Waals surface area contributed by atoms with Crippen LogP contribution in [0.1, 0.15) is 67.2 Å². The minimum atomic E-state index is -4.80. The van der Waals surface area contributed by atoms with Crippen LogP contribution in [0, 0.1) is 11.3 Å². The lowest BCUT2D eigenvalue weighted by atomic mass is 9.63. The molecule has 2 fully saturated rings. The molecule has 0 aromatic carbocycles. The molecule has 4 nitrogen and oxygen atoms in total. The number of ether oxygens (including phenoxy) is 1. The molecule has 0 spiro atoms. The van der Waals surface area contributed by atoms with Crippen LogP contribution in [0.25, 0.3) is 0 Å². The Morgan fingerprint density at radius 3 is 2.26 bits per heavy atom. The van der Waals surface area contributed by atoms with Crippen LogP contribution >= 0.6 is 0 Å². The van der Waals surface area contributed by atoms with E-state index < -0.39 is 40.9 Å². The fourth-order valence-electron chi connectivity index (χ4n) is 3.78. The number of rotatable bonds is 5. The Kier molecular flexibility index (Phi) is 4.75. The molecule has 0 radical (unpaired) electrons. The minimum absolute atomic E-state index is 0.118. The summed E-state index contributed by atoms with van der Waals surface area (Å²) < 4.78 is 85.0. The van der Waals surface area contributed by atoms with E-state index in [0.717, 1.165) is 4.68 Å². The van der Waals surface area contributed by atoms with Gasteiger partial charge in [0.25, 0.3) is 0 Å². The third kappa shape index (κ3) is 3.94. The van der Waals surface area contributed by atoms with E-state index in [1.54, 1.807) is 6.92 Å². The summed E-state index contributed by atoms with van der Waals surface area (Å²) in [4.78, 5) is 12.2. The van der Waals surface area contributed by atoms with Gasteiger partial charge in [0.15, 0.2) is 5.69 Å². The zero-order chi connectivity index (χ0) is 20.2. The molecule has 0 saturated heterocycles. The van der Waals surface area contributed by atoms with Crippen molar-refractivity contribution in [1.82, 2.24) is 9.78 Å². The summed E-state index contributed by atoms with van der Waals surface area (Å²) in [5.41, 5.74) is -2.90. The number of hydrogen-bond donors (Lipinski definition) is 0. The van der Waals surface area contributed by atoms with Gasteiger partial charge in [-0.15, -0.1) is 0 Å². The fraction of sp³-hybridized carbons (Fsp3) is 0.765. The van der Waals surface area contributed by atoms with Gasteiger partial charge in [-0.1, -0.05) is 6.92 Å². The molecule has 0 N–H and O–H groups in total. The maximum atomic E-state index is 13.6. The van der Waals surface area contributed by atoms with Crippen LogP contribution in [0.2, 0.25) is 0 Å². The van der Waals surface area contributed by atoms with Crippen molar-refractivity contribution < 1.29 is 35.9 Å². The van der Waals surface area contributed by atoms with Gasteiger partial charge >= 0.3 is 18.3 Å². The molecule has 1 heterocycles. The monoisotopic (exact) mass is 398 g/mol. The first-order valence-corrected chi connectivity index (χ1v) is 8.77. The van der Waals surface area contributed by atoms with Gasteiger partial charge in [-0.05, 0) is 38.0 Å². The standard InChI is InChI=1S/C17H20F6N2O2/c1-3-27-14(26)13-11(17(21,22)23)12(9-4-5-9)24-25(13)8-15(2)6-10(7-15)16(18,19)20/h9-10H,3-8H2,1-2H3. The topological polar surface area (TPSA) is 44.1 Å². The van der Waals surface area contributed by atoms with Crippen LogP contribution in [-0.2, 0) is 17.5 Å². The summed E-state index contributed by atoms with van der Waals surface area (Å²) in [5.74, 6) is -3.01. The van der Waals surface area contributed by atoms with E-state index in [1.165, 1.54) is 6.92 Å². The maximum absolute atomic E-state index is 13.6. The fourth-order valence-corrected chi connectivity index (χ4v) is 3.78. The second-order valence-corrected chi connectivity index (χ2v) is 7.72. The van der Waals surface area contributed by atoms with Gasteiger partial charge in [-0.25, -0.2) is 4.79 Å². The van der Waals surface area contributed by atoms with Crippen LogP contribution in [0.15, 0.2) is 0 Å². The number of aromatic nitrogens is 2. The van der Waals surface area contributed by atoms with E-state index in [0.29, 0.717) is 12.8 Å². The van der Waals surface area contributed by atoms with Crippen molar-refractivity contribution >= 4 is 5.97 Å². The van der Waals surface area contributed by atoms with E-state index in [-0.39, 0.29) is 37.6 Å². The molecule has 2 saturated carbocycles. The molecule has 152 valence electrons. The van der Waals surface area contributed by atoms with Gasteiger partial charge in [0.2, 0.25) is 0 Å². The third-order valence-corrected chi connectivity index (χ3v) is 5.17. The number of carbonyl (C=O) groups excluding carboxylic acids is 1. The normalized spacial score (nSPS) is 26.0. The average Bonchev–Trinajstić information content (AvgIpc) is 3.24. The highest BCUT2D eigenvalue weighted by atomic mass is 19.4. The van der Waals surface area contributed by atoms with Crippen molar-refractivity contribution in [3.8, 4) is 0 Å². The molecule has 0 bridgehead atoms. The predicted octanol–water partition coefficient (Wildman–Crippen LogP) is 4.93. The smallest absolute Gasteiger partial charge is 0.420 e. The minimum Gasteiger partial charge on any atom is -0.461 e. The van der Waals surface area contributed by atoms with E-state index in [1.807, 2.05) is 0 Å². The summed E-state index contributed by atoms with van der Waals surface area (Å²) in [6, 6.07) is 0. The Morgan fingerprint density at radius 2 is 1.81 bits per heavy atom. The summed E-state index contributed by atoms with van der Waals surface area (Å²) >= 11 is 0. The molecule has 0 amide bonds. The van der Waals surface area contributed by atoms with Crippen molar-refractivity contribution in [3.05, 3.63) is 17.0 Å². The number of alkyl halides is 6. The zero-order valence-corrected chi connectivity index (χ0v) is 14.9. The lowest BCUT2D eigenvalue weighted by molar-refractivity contribution is -0.221. The number of halogens is 6. The third-order valence-electron chi connectivity index (χ3n) is 5.17. The first kappa shape index (κ1) is 20.0. The van der Waals surface area contributed by atoms with Gasteiger partial charge in [0.05, 0.1) is 18.2 Å². The Bertz CT molecular complexity index is 727. The van der Waals surface area contributed by atoms with Crippen LogP contribution in [0.4, 0.5) is 26.3 Å². The second-order valence-electron chi connectivity index (χ2n) is 7.72. The largest absolute Gasteiger partial charge is 0.461 e. The number of esters is 1. The van der Waals surface area contributed by atoms with Gasteiger partial charge in [0.1, 0.15) is 5.56 Å². The average molecular weight is 398 g/mol. The molecule has 27 heavy (non-hydrogen) atoms. The lowest BCUT2D eigenvalue weighted by Crippen LogP contribution is -2.45. The zero-order valence-electron chi connectivity index (χ0n) is 14.9. The molecule has 2 aliphatic carbocycles. The molecule has 0 unspecified atom stereocenters. The summed E-state index contributed by atoms with van der Waals surface area (Å²) in [6.07, 6.45) is -8.47. The molecule has 0 aliphatic heterocycles. The van der Waals surface area contributed by atoms with E-state index in [9.17, 15) is 31.1 Å². The Labute approximate surface area is 151 Å². The van der Waals surface area contributed by atoms with Crippen LogP contribution in [0.3, 0.4) is 0 Å². The molecule has 1 aromatic rings. The summed E-state index contributed by atoms with van der Waals surface area (Å²) in [5, 5.41) is 4.01. The van der Waals surface area contributed by atoms with Gasteiger partial charge in [-0.3, -0.25) is 4.68 Å². The maximum Gasteiger partial charge on any atom is 0.420 e. The Morgan fingerprint density at radius 1 is 1.22 bits per heavy atom. The SMILES string of the molecule is CCOC(=O)c1c(C(F)(F)F)c(C2CC2)nn1CC1(C)CC(C(F)(F)F)C1. The first-order valence-electron chi connectivity index (χ1n) is 8.77. The molecular formula is C17H20F6N2O2. The number of nitrogens with zero attached hydrogens (tertiary/aromatic N) is 2. The molecule has 1 aromatic heterocycles. The highest BCUT2D eigenvalue weighted by Crippen LogP contribution is 2.54. The van der Waals surface area contributed by atoms with Gasteiger partial charge in [0, 0.05) is 12.5 Å². The molecular weight excluding hydrogens is 378 g/mol. The van der Waals surface area contributed by atoms with Crippen molar-refractivity contribution in [3.63, 3.8) is 0 Å². The van der Waals surface area contributed by atoms with Gasteiger partial charge in [-0.2, -0.15) is 31.4 Å².